The van der Waals surface area contributed by atoms with Gasteiger partial charge >= 0.3 is 0 Å². The van der Waals surface area contributed by atoms with Crippen LogP contribution >= 0.6 is 0 Å². The van der Waals surface area contributed by atoms with Crippen molar-refractivity contribution in [2.45, 2.75) is 44.8 Å². The first-order valence-corrected chi connectivity index (χ1v) is 3.96. The fourth-order valence-corrected chi connectivity index (χ4v) is 1.05. The Kier molecular flexibility index (Phi) is 2.32. The molecule has 0 aliphatic heterocycles. The molecule has 0 aromatic rings. The first-order chi connectivity index (χ1) is 4.62. The lowest BCUT2D eigenvalue weighted by molar-refractivity contribution is -0.108. The van der Waals surface area contributed by atoms with Gasteiger partial charge in [-0.25, -0.2) is 0 Å². The van der Waals surface area contributed by atoms with E-state index in [4.69, 9.17) is 4.74 Å². The van der Waals surface area contributed by atoms with Gasteiger partial charge in [0, 0.05) is 0 Å². The normalized spacial score (nSPS) is 22.8. The van der Waals surface area contributed by atoms with Crippen LogP contribution in [0, 0.1) is 0 Å². The van der Waals surface area contributed by atoms with Gasteiger partial charge < -0.3 is 9.84 Å². The zero-order valence-electron chi connectivity index (χ0n) is 6.76. The van der Waals surface area contributed by atoms with E-state index in [0.717, 1.165) is 19.3 Å². The number of hydrogen-bond donors (Lipinski definition) is 1. The molecule has 2 nitrogen and oxygen atoms in total. The third-order valence-electron chi connectivity index (χ3n) is 1.97. The largest absolute Gasteiger partial charge is 0.387 e. The highest BCUT2D eigenvalue weighted by molar-refractivity contribution is 4.87. The predicted octanol–water partition coefficient (Wildman–Crippen LogP) is 1.33. The van der Waals surface area contributed by atoms with Crippen molar-refractivity contribution in [3.05, 3.63) is 0 Å². The fraction of sp³-hybridized carbons (Fsp3) is 1.00. The van der Waals surface area contributed by atoms with E-state index >= 15 is 0 Å². The molecule has 1 rings (SSSR count). The van der Waals surface area contributed by atoms with E-state index in [1.165, 1.54) is 0 Å². The molecule has 0 aromatic carbocycles. The maximum Gasteiger partial charge on any atom is 0.0880 e. The molecule has 1 saturated carbocycles. The van der Waals surface area contributed by atoms with Crippen molar-refractivity contribution in [1.82, 2.24) is 0 Å². The molecule has 0 saturated heterocycles. The van der Waals surface area contributed by atoms with Crippen molar-refractivity contribution < 1.29 is 9.84 Å². The summed E-state index contributed by atoms with van der Waals surface area (Å²) in [6.45, 7) is 4.49. The summed E-state index contributed by atoms with van der Waals surface area (Å²) in [7, 11) is 0. The molecule has 60 valence electrons. The van der Waals surface area contributed by atoms with Crippen LogP contribution in [0.3, 0.4) is 0 Å². The van der Waals surface area contributed by atoms with Gasteiger partial charge in [-0.15, -0.1) is 0 Å². The Morgan fingerprint density at radius 1 is 1.50 bits per heavy atom. The fourth-order valence-electron chi connectivity index (χ4n) is 1.05. The molecule has 0 heterocycles. The Hall–Kier alpha value is -0.0800. The van der Waals surface area contributed by atoms with Crippen LogP contribution in [0.2, 0.25) is 0 Å². The molecule has 0 unspecified atom stereocenters. The Labute approximate surface area is 62.2 Å². The molecule has 1 aliphatic carbocycles. The maximum absolute atomic E-state index is 9.53. The Bertz CT molecular complexity index is 106. The third-order valence-corrected chi connectivity index (χ3v) is 1.97. The monoisotopic (exact) mass is 144 g/mol. The van der Waals surface area contributed by atoms with Gasteiger partial charge in [-0.2, -0.15) is 0 Å². The van der Waals surface area contributed by atoms with Crippen LogP contribution < -0.4 is 0 Å². The second-order valence-electron chi connectivity index (χ2n) is 3.44. The van der Waals surface area contributed by atoms with Crippen molar-refractivity contribution in [1.29, 1.82) is 0 Å². The molecule has 10 heavy (non-hydrogen) atoms. The average molecular weight is 144 g/mol. The van der Waals surface area contributed by atoms with E-state index in [1.54, 1.807) is 0 Å². The lowest BCUT2D eigenvalue weighted by Gasteiger charge is -2.36. The van der Waals surface area contributed by atoms with Crippen LogP contribution in [0.5, 0.6) is 0 Å². The highest BCUT2D eigenvalue weighted by Gasteiger charge is 2.34. The molecular weight excluding hydrogens is 128 g/mol. The molecule has 0 aromatic heterocycles. The summed E-state index contributed by atoms with van der Waals surface area (Å²) in [6.07, 6.45) is 3.22. The zero-order chi connectivity index (χ0) is 7.61. The summed E-state index contributed by atoms with van der Waals surface area (Å²) < 4.78 is 5.30. The number of aliphatic hydroxyl groups is 1. The first-order valence-electron chi connectivity index (χ1n) is 3.96. The van der Waals surface area contributed by atoms with Gasteiger partial charge in [0.2, 0.25) is 0 Å². The van der Waals surface area contributed by atoms with Crippen molar-refractivity contribution in [3.8, 4) is 0 Å². The molecule has 1 N–H and O–H groups in total. The van der Waals surface area contributed by atoms with Crippen molar-refractivity contribution >= 4 is 0 Å². The summed E-state index contributed by atoms with van der Waals surface area (Å²) in [6, 6.07) is 0. The van der Waals surface area contributed by atoms with Gasteiger partial charge in [0.15, 0.2) is 0 Å². The molecule has 0 amide bonds. The molecule has 0 spiro atoms. The average Bonchev–Trinajstić information content (AvgIpc) is 1.79. The molecule has 0 atom stereocenters. The second kappa shape index (κ2) is 2.89. The van der Waals surface area contributed by atoms with E-state index in [9.17, 15) is 5.11 Å². The SMILES string of the molecule is CC(C)OCC1(O)CCC1. The van der Waals surface area contributed by atoms with Crippen molar-refractivity contribution in [3.63, 3.8) is 0 Å². The van der Waals surface area contributed by atoms with Gasteiger partial charge in [-0.1, -0.05) is 0 Å². The number of ether oxygens (including phenoxy) is 1. The van der Waals surface area contributed by atoms with E-state index < -0.39 is 5.60 Å². The Morgan fingerprint density at radius 3 is 2.40 bits per heavy atom. The summed E-state index contributed by atoms with van der Waals surface area (Å²) in [4.78, 5) is 0. The highest BCUT2D eigenvalue weighted by atomic mass is 16.5. The van der Waals surface area contributed by atoms with E-state index in [-0.39, 0.29) is 6.10 Å². The molecule has 1 aliphatic rings. The van der Waals surface area contributed by atoms with Crippen LogP contribution in [0.25, 0.3) is 0 Å². The predicted molar refractivity (Wildman–Crippen MR) is 39.9 cm³/mol. The third kappa shape index (κ3) is 1.96. The van der Waals surface area contributed by atoms with Crippen LogP contribution in [0.1, 0.15) is 33.1 Å². The molecule has 0 bridgehead atoms. The van der Waals surface area contributed by atoms with Crippen molar-refractivity contribution in [2.75, 3.05) is 6.61 Å². The minimum Gasteiger partial charge on any atom is -0.387 e. The topological polar surface area (TPSA) is 29.5 Å². The van der Waals surface area contributed by atoms with Gasteiger partial charge in [0.25, 0.3) is 0 Å². The number of rotatable bonds is 3. The van der Waals surface area contributed by atoms with Gasteiger partial charge in [-0.3, -0.25) is 0 Å². The lowest BCUT2D eigenvalue weighted by atomic mass is 9.81. The van der Waals surface area contributed by atoms with Gasteiger partial charge in [0.05, 0.1) is 18.3 Å². The van der Waals surface area contributed by atoms with Crippen LogP contribution in [-0.2, 0) is 4.74 Å². The molecule has 1 fully saturated rings. The number of hydrogen-bond acceptors (Lipinski definition) is 2. The minimum absolute atomic E-state index is 0.240. The Balaban J connectivity index is 2.12. The second-order valence-corrected chi connectivity index (χ2v) is 3.44. The standard InChI is InChI=1S/C8H16O2/c1-7(2)10-6-8(9)4-3-5-8/h7,9H,3-6H2,1-2H3. The van der Waals surface area contributed by atoms with Gasteiger partial charge in [-0.05, 0) is 33.1 Å². The molecule has 2 heteroatoms. The lowest BCUT2D eigenvalue weighted by Crippen LogP contribution is -2.42. The maximum atomic E-state index is 9.53. The van der Waals surface area contributed by atoms with E-state index in [1.807, 2.05) is 13.8 Å². The van der Waals surface area contributed by atoms with E-state index in [2.05, 4.69) is 0 Å². The zero-order valence-corrected chi connectivity index (χ0v) is 6.76. The summed E-state index contributed by atoms with van der Waals surface area (Å²) in [5.74, 6) is 0. The minimum atomic E-state index is -0.468. The van der Waals surface area contributed by atoms with Gasteiger partial charge in [0.1, 0.15) is 0 Å². The quantitative estimate of drug-likeness (QED) is 0.647. The smallest absolute Gasteiger partial charge is 0.0880 e. The Morgan fingerprint density at radius 2 is 2.10 bits per heavy atom. The van der Waals surface area contributed by atoms with Crippen LogP contribution in [-0.4, -0.2) is 23.4 Å². The summed E-state index contributed by atoms with van der Waals surface area (Å²) in [5, 5.41) is 9.53. The van der Waals surface area contributed by atoms with E-state index in [0.29, 0.717) is 6.61 Å². The highest BCUT2D eigenvalue weighted by Crippen LogP contribution is 2.31. The first kappa shape index (κ1) is 8.02. The molecular formula is C8H16O2. The van der Waals surface area contributed by atoms with Crippen molar-refractivity contribution in [2.24, 2.45) is 0 Å². The summed E-state index contributed by atoms with van der Waals surface area (Å²) >= 11 is 0. The van der Waals surface area contributed by atoms with Crippen LogP contribution in [0.15, 0.2) is 0 Å². The molecule has 0 radical (unpaired) electrons. The van der Waals surface area contributed by atoms with Crippen LogP contribution in [0.4, 0.5) is 0 Å². The summed E-state index contributed by atoms with van der Waals surface area (Å²) in [5.41, 5.74) is -0.468.